The van der Waals surface area contributed by atoms with Gasteiger partial charge in [-0.2, -0.15) is 0 Å². The van der Waals surface area contributed by atoms with E-state index in [0.717, 1.165) is 17.0 Å². The molecule has 4 N–H and O–H groups in total. The summed E-state index contributed by atoms with van der Waals surface area (Å²) in [5.74, 6) is 0.985. The van der Waals surface area contributed by atoms with E-state index in [9.17, 15) is 8.42 Å². The number of nitrogens with zero attached hydrogens (tertiary/aromatic N) is 1. The average Bonchev–Trinajstić information content (AvgIpc) is 2.60. The van der Waals surface area contributed by atoms with E-state index in [1.165, 1.54) is 0 Å². The zero-order valence-electron chi connectivity index (χ0n) is 15.8. The number of hydrogen-bond acceptors (Lipinski definition) is 4. The van der Waals surface area contributed by atoms with Crippen molar-refractivity contribution in [3.8, 4) is 5.75 Å². The summed E-state index contributed by atoms with van der Waals surface area (Å²) in [6.45, 7) is 6.20. The van der Waals surface area contributed by atoms with E-state index in [1.54, 1.807) is 24.3 Å². The van der Waals surface area contributed by atoms with Crippen LogP contribution in [0.4, 0.5) is 5.69 Å². The molecule has 0 aromatic heterocycles. The van der Waals surface area contributed by atoms with Crippen molar-refractivity contribution in [1.82, 2.24) is 4.72 Å². The van der Waals surface area contributed by atoms with Crippen molar-refractivity contribution in [3.05, 3.63) is 54.1 Å². The molecule has 0 saturated carbocycles. The molecule has 0 saturated heterocycles. The van der Waals surface area contributed by atoms with E-state index in [-0.39, 0.29) is 30.0 Å². The number of aliphatic imine (C=N–C) groups is 1. The molecule has 0 atom stereocenters. The highest BCUT2D eigenvalue weighted by molar-refractivity contribution is 7.89. The molecule has 27 heavy (non-hydrogen) atoms. The summed E-state index contributed by atoms with van der Waals surface area (Å²) in [6.07, 6.45) is 0.110. The Bertz CT molecular complexity index is 861. The second kappa shape index (κ2) is 9.38. The van der Waals surface area contributed by atoms with Gasteiger partial charge in [0.1, 0.15) is 5.75 Å². The molecule has 0 aliphatic rings. The highest BCUT2D eigenvalue weighted by Crippen LogP contribution is 2.16. The number of sulfonamides is 1. The molecule has 2 aromatic carbocycles. The lowest BCUT2D eigenvalue weighted by atomic mass is 10.2. The monoisotopic (exact) mass is 390 g/mol. The standard InChI is InChI=1S/C19H26N4O3S/c1-14(2)26-17-8-6-16(7-9-17)23-19(20)21-12-13-22-27(24,25)18-10-4-15(3)5-11-18/h4-11,14,22H,12-13H2,1-3H3,(H3,20,21,23). The summed E-state index contributed by atoms with van der Waals surface area (Å²) in [4.78, 5) is 4.35. The van der Waals surface area contributed by atoms with Gasteiger partial charge in [0, 0.05) is 12.2 Å². The summed E-state index contributed by atoms with van der Waals surface area (Å²) in [7, 11) is -3.54. The summed E-state index contributed by atoms with van der Waals surface area (Å²) in [5, 5.41) is 2.95. The Hall–Kier alpha value is -2.58. The molecular formula is C19H26N4O3S. The molecule has 0 heterocycles. The Morgan fingerprint density at radius 2 is 1.74 bits per heavy atom. The molecular weight excluding hydrogens is 364 g/mol. The molecule has 7 nitrogen and oxygen atoms in total. The minimum Gasteiger partial charge on any atom is -0.491 e. The number of hydrogen-bond donors (Lipinski definition) is 3. The van der Waals surface area contributed by atoms with Gasteiger partial charge in [-0.3, -0.25) is 4.99 Å². The van der Waals surface area contributed by atoms with E-state index in [4.69, 9.17) is 10.5 Å². The number of guanidine groups is 1. The van der Waals surface area contributed by atoms with Crippen LogP contribution in [0.15, 0.2) is 58.4 Å². The third kappa shape index (κ3) is 6.92. The lowest BCUT2D eigenvalue weighted by molar-refractivity contribution is 0.242. The molecule has 2 aromatic rings. The second-order valence-corrected chi connectivity index (χ2v) is 8.06. The first-order chi connectivity index (χ1) is 12.8. The van der Waals surface area contributed by atoms with Crippen molar-refractivity contribution < 1.29 is 13.2 Å². The van der Waals surface area contributed by atoms with E-state index >= 15 is 0 Å². The highest BCUT2D eigenvalue weighted by Gasteiger charge is 2.12. The summed E-state index contributed by atoms with van der Waals surface area (Å²) < 4.78 is 32.4. The van der Waals surface area contributed by atoms with Crippen LogP contribution in [0.1, 0.15) is 19.4 Å². The molecule has 0 fully saturated rings. The van der Waals surface area contributed by atoms with Crippen LogP contribution in [0.25, 0.3) is 0 Å². The van der Waals surface area contributed by atoms with E-state index in [1.807, 2.05) is 45.0 Å². The lowest BCUT2D eigenvalue weighted by Gasteiger charge is -2.11. The van der Waals surface area contributed by atoms with E-state index in [2.05, 4.69) is 15.0 Å². The number of aryl methyl sites for hydroxylation is 1. The van der Waals surface area contributed by atoms with Crippen LogP contribution in [0.5, 0.6) is 5.75 Å². The summed E-state index contributed by atoms with van der Waals surface area (Å²) in [6, 6.07) is 14.0. The van der Waals surface area contributed by atoms with Gasteiger partial charge in [0.15, 0.2) is 5.96 Å². The number of rotatable bonds is 8. The molecule has 0 spiro atoms. The fourth-order valence-electron chi connectivity index (χ4n) is 2.23. The van der Waals surface area contributed by atoms with Crippen molar-refractivity contribution in [3.63, 3.8) is 0 Å². The third-order valence-corrected chi connectivity index (χ3v) is 4.99. The Labute approximate surface area is 160 Å². The second-order valence-electron chi connectivity index (χ2n) is 6.29. The molecule has 0 aliphatic carbocycles. The average molecular weight is 391 g/mol. The smallest absolute Gasteiger partial charge is 0.240 e. The molecule has 8 heteroatoms. The van der Waals surface area contributed by atoms with Crippen molar-refractivity contribution in [2.24, 2.45) is 10.7 Å². The number of benzene rings is 2. The van der Waals surface area contributed by atoms with Gasteiger partial charge in [-0.15, -0.1) is 0 Å². The van der Waals surface area contributed by atoms with Crippen LogP contribution in [0.3, 0.4) is 0 Å². The van der Waals surface area contributed by atoms with Crippen molar-refractivity contribution >= 4 is 21.7 Å². The van der Waals surface area contributed by atoms with Crippen LogP contribution in [0, 0.1) is 6.92 Å². The van der Waals surface area contributed by atoms with Crippen molar-refractivity contribution in [2.75, 3.05) is 18.4 Å². The first-order valence-corrected chi connectivity index (χ1v) is 10.1. The fraction of sp³-hybridized carbons (Fsp3) is 0.316. The van der Waals surface area contributed by atoms with Crippen LogP contribution in [-0.2, 0) is 10.0 Å². The molecule has 0 amide bonds. The van der Waals surface area contributed by atoms with Gasteiger partial charge in [-0.05, 0) is 57.2 Å². The first-order valence-electron chi connectivity index (χ1n) is 8.66. The van der Waals surface area contributed by atoms with Gasteiger partial charge < -0.3 is 15.8 Å². The fourth-order valence-corrected chi connectivity index (χ4v) is 3.25. The SMILES string of the molecule is Cc1ccc(S(=O)(=O)NCCN=C(N)Nc2ccc(OC(C)C)cc2)cc1. The van der Waals surface area contributed by atoms with Gasteiger partial charge in [-0.25, -0.2) is 13.1 Å². The van der Waals surface area contributed by atoms with Gasteiger partial charge in [0.25, 0.3) is 0 Å². The maximum absolute atomic E-state index is 12.2. The predicted octanol–water partition coefficient (Wildman–Crippen LogP) is 2.49. The predicted molar refractivity (Wildman–Crippen MR) is 109 cm³/mol. The zero-order chi connectivity index (χ0) is 19.9. The summed E-state index contributed by atoms with van der Waals surface area (Å²) >= 11 is 0. The van der Waals surface area contributed by atoms with Crippen LogP contribution >= 0.6 is 0 Å². The molecule has 0 aliphatic heterocycles. The van der Waals surface area contributed by atoms with Crippen molar-refractivity contribution in [2.45, 2.75) is 31.8 Å². The number of anilines is 1. The molecule has 0 radical (unpaired) electrons. The van der Waals surface area contributed by atoms with Crippen molar-refractivity contribution in [1.29, 1.82) is 0 Å². The minimum atomic E-state index is -3.54. The van der Waals surface area contributed by atoms with Gasteiger partial charge in [0.05, 0.1) is 17.5 Å². The molecule has 0 unspecified atom stereocenters. The number of nitrogens with two attached hydrogens (primary N) is 1. The molecule has 146 valence electrons. The Morgan fingerprint density at radius 3 is 2.33 bits per heavy atom. The quantitative estimate of drug-likeness (QED) is 0.365. The summed E-state index contributed by atoms with van der Waals surface area (Å²) in [5.41, 5.74) is 7.60. The normalized spacial score (nSPS) is 12.2. The molecule has 2 rings (SSSR count). The maximum atomic E-state index is 12.2. The largest absolute Gasteiger partial charge is 0.491 e. The maximum Gasteiger partial charge on any atom is 0.240 e. The van der Waals surface area contributed by atoms with E-state index < -0.39 is 10.0 Å². The number of ether oxygens (including phenoxy) is 1. The molecule has 0 bridgehead atoms. The van der Waals surface area contributed by atoms with Gasteiger partial charge in [-0.1, -0.05) is 17.7 Å². The Kier molecular flexibility index (Phi) is 7.20. The first kappa shape index (κ1) is 20.7. The van der Waals surface area contributed by atoms with E-state index in [0.29, 0.717) is 0 Å². The lowest BCUT2D eigenvalue weighted by Crippen LogP contribution is -2.28. The minimum absolute atomic E-state index is 0.110. The van der Waals surface area contributed by atoms with Crippen LogP contribution in [0.2, 0.25) is 0 Å². The van der Waals surface area contributed by atoms with Gasteiger partial charge in [0.2, 0.25) is 10.0 Å². The van der Waals surface area contributed by atoms with Crippen LogP contribution < -0.4 is 20.5 Å². The Morgan fingerprint density at radius 1 is 1.11 bits per heavy atom. The Balaban J connectivity index is 1.82. The zero-order valence-corrected chi connectivity index (χ0v) is 16.6. The highest BCUT2D eigenvalue weighted by atomic mass is 32.2. The van der Waals surface area contributed by atoms with Crippen LogP contribution in [-0.4, -0.2) is 33.6 Å². The number of nitrogens with one attached hydrogen (secondary N) is 2. The third-order valence-electron chi connectivity index (χ3n) is 3.52. The topological polar surface area (TPSA) is 106 Å². The van der Waals surface area contributed by atoms with Gasteiger partial charge >= 0.3 is 0 Å².